The largest absolute Gasteiger partial charge is 0.322 e. The van der Waals surface area contributed by atoms with E-state index in [2.05, 4.69) is 36.2 Å². The number of fused-ring (bicyclic) bond motifs is 1. The van der Waals surface area contributed by atoms with Crippen LogP contribution in [0.3, 0.4) is 0 Å². The van der Waals surface area contributed by atoms with E-state index in [1.54, 1.807) is 4.90 Å². The van der Waals surface area contributed by atoms with E-state index in [-0.39, 0.29) is 11.4 Å². The van der Waals surface area contributed by atoms with Crippen LogP contribution in [-0.4, -0.2) is 32.2 Å². The molecule has 1 aliphatic rings. The van der Waals surface area contributed by atoms with Crippen molar-refractivity contribution >= 4 is 11.7 Å². The monoisotopic (exact) mass is 317 g/mol. The van der Waals surface area contributed by atoms with Crippen molar-refractivity contribution in [1.82, 2.24) is 19.7 Å². The normalized spacial score (nSPS) is 14.5. The van der Waals surface area contributed by atoms with Crippen LogP contribution in [0, 0.1) is 5.82 Å². The maximum Gasteiger partial charge on any atom is 0.322 e. The predicted octanol–water partition coefficient (Wildman–Crippen LogP) is 2.76. The molecule has 0 aromatic carbocycles. The van der Waals surface area contributed by atoms with Gasteiger partial charge < -0.3 is 10.2 Å². The predicted molar refractivity (Wildman–Crippen MR) is 84.6 cm³/mol. The molecule has 2 amide bonds. The molecule has 0 saturated carbocycles. The zero-order valence-corrected chi connectivity index (χ0v) is 13.5. The number of hydrogen-bond acceptors (Lipinski definition) is 3. The highest BCUT2D eigenvalue weighted by molar-refractivity contribution is 5.89. The second-order valence-corrected chi connectivity index (χ2v) is 6.74. The molecule has 1 aliphatic heterocycles. The first-order valence-corrected chi connectivity index (χ1v) is 7.56. The lowest BCUT2D eigenvalue weighted by molar-refractivity contribution is 0.194. The number of urea groups is 1. The molecule has 0 fully saturated rings. The van der Waals surface area contributed by atoms with Crippen molar-refractivity contribution in [3.05, 3.63) is 41.7 Å². The van der Waals surface area contributed by atoms with Gasteiger partial charge in [-0.05, 0) is 6.07 Å². The lowest BCUT2D eigenvalue weighted by Gasteiger charge is -2.27. The van der Waals surface area contributed by atoms with E-state index < -0.39 is 5.82 Å². The van der Waals surface area contributed by atoms with Gasteiger partial charge in [0.2, 0.25) is 0 Å². The molecule has 0 radical (unpaired) electrons. The van der Waals surface area contributed by atoms with Crippen LogP contribution < -0.4 is 5.32 Å². The maximum absolute atomic E-state index is 13.1. The molecule has 0 aliphatic carbocycles. The molecule has 0 atom stereocenters. The number of carbonyl (C=O) groups is 1. The molecule has 122 valence electrons. The molecule has 1 N–H and O–H groups in total. The Kier molecular flexibility index (Phi) is 3.79. The Morgan fingerprint density at radius 2 is 2.04 bits per heavy atom. The van der Waals surface area contributed by atoms with Crippen molar-refractivity contribution in [2.45, 2.75) is 39.3 Å². The molecular formula is C16H20FN5O. The minimum atomic E-state index is -0.477. The van der Waals surface area contributed by atoms with Crippen molar-refractivity contribution < 1.29 is 9.18 Å². The summed E-state index contributed by atoms with van der Waals surface area (Å²) in [7, 11) is 0. The molecule has 23 heavy (non-hydrogen) atoms. The van der Waals surface area contributed by atoms with Gasteiger partial charge in [0.1, 0.15) is 5.82 Å². The van der Waals surface area contributed by atoms with E-state index in [0.29, 0.717) is 25.3 Å². The zero-order valence-electron chi connectivity index (χ0n) is 13.5. The highest BCUT2D eigenvalue weighted by Crippen LogP contribution is 2.24. The van der Waals surface area contributed by atoms with Crippen molar-refractivity contribution in [3.63, 3.8) is 0 Å². The van der Waals surface area contributed by atoms with Crippen molar-refractivity contribution in [3.8, 4) is 0 Å². The Bertz CT molecular complexity index is 734. The van der Waals surface area contributed by atoms with Crippen molar-refractivity contribution in [2.24, 2.45) is 0 Å². The van der Waals surface area contributed by atoms with E-state index >= 15 is 0 Å². The summed E-state index contributed by atoms with van der Waals surface area (Å²) in [6.45, 7) is 8.04. The van der Waals surface area contributed by atoms with E-state index in [4.69, 9.17) is 0 Å². The molecule has 0 unspecified atom stereocenters. The second-order valence-electron chi connectivity index (χ2n) is 6.74. The summed E-state index contributed by atoms with van der Waals surface area (Å²) in [5.74, 6) is -0.477. The molecule has 0 spiro atoms. The molecule has 3 rings (SSSR count). The summed E-state index contributed by atoms with van der Waals surface area (Å²) in [5, 5.41) is 7.29. The van der Waals surface area contributed by atoms with Crippen LogP contribution in [0.4, 0.5) is 14.9 Å². The molecule has 0 bridgehead atoms. The first-order valence-electron chi connectivity index (χ1n) is 7.56. The lowest BCUT2D eigenvalue weighted by atomic mass is 9.92. The fraction of sp³-hybridized carbons (Fsp3) is 0.438. The summed E-state index contributed by atoms with van der Waals surface area (Å²) in [5.41, 5.74) is 2.35. The summed E-state index contributed by atoms with van der Waals surface area (Å²) >= 11 is 0. The van der Waals surface area contributed by atoms with Crippen LogP contribution in [0.5, 0.6) is 0 Å². The highest BCUT2D eigenvalue weighted by Gasteiger charge is 2.25. The SMILES string of the molecule is CC(C)(C)c1cc2n(n1)CCN(C(=O)Nc1cncc(F)c1)C2. The third-order valence-corrected chi connectivity index (χ3v) is 3.81. The van der Waals surface area contributed by atoms with Crippen LogP contribution in [0.1, 0.15) is 32.2 Å². The third kappa shape index (κ3) is 3.33. The number of carbonyl (C=O) groups excluding carboxylic acids is 1. The number of amides is 2. The highest BCUT2D eigenvalue weighted by atomic mass is 19.1. The molecular weight excluding hydrogens is 297 g/mol. The Hall–Kier alpha value is -2.44. The van der Waals surface area contributed by atoms with Crippen LogP contribution in [-0.2, 0) is 18.5 Å². The Morgan fingerprint density at radius 1 is 1.26 bits per heavy atom. The summed E-state index contributed by atoms with van der Waals surface area (Å²) < 4.78 is 15.1. The zero-order chi connectivity index (χ0) is 16.6. The minimum Gasteiger partial charge on any atom is -0.317 e. The average molecular weight is 317 g/mol. The second kappa shape index (κ2) is 5.64. The number of halogens is 1. The number of anilines is 1. The van der Waals surface area contributed by atoms with Gasteiger partial charge >= 0.3 is 6.03 Å². The van der Waals surface area contributed by atoms with Gasteiger partial charge in [0.05, 0.1) is 42.6 Å². The summed E-state index contributed by atoms with van der Waals surface area (Å²) in [6, 6.07) is 3.03. The van der Waals surface area contributed by atoms with Gasteiger partial charge in [-0.2, -0.15) is 5.10 Å². The van der Waals surface area contributed by atoms with Crippen molar-refractivity contribution in [1.29, 1.82) is 0 Å². The first-order chi connectivity index (χ1) is 10.8. The van der Waals surface area contributed by atoms with Gasteiger partial charge in [-0.1, -0.05) is 20.8 Å². The first kappa shape index (κ1) is 15.5. The van der Waals surface area contributed by atoms with Gasteiger partial charge in [0, 0.05) is 18.0 Å². The summed E-state index contributed by atoms with van der Waals surface area (Å²) in [4.78, 5) is 17.7. The van der Waals surface area contributed by atoms with Crippen LogP contribution in [0.25, 0.3) is 0 Å². The van der Waals surface area contributed by atoms with Gasteiger partial charge in [0.25, 0.3) is 0 Å². The minimum absolute atomic E-state index is 0.0232. The maximum atomic E-state index is 13.1. The smallest absolute Gasteiger partial charge is 0.317 e. The average Bonchev–Trinajstić information content (AvgIpc) is 2.90. The quantitative estimate of drug-likeness (QED) is 0.879. The third-order valence-electron chi connectivity index (χ3n) is 3.81. The van der Waals surface area contributed by atoms with E-state index in [1.165, 1.54) is 12.3 Å². The molecule has 3 heterocycles. The number of hydrogen-bond donors (Lipinski definition) is 1. The fourth-order valence-electron chi connectivity index (χ4n) is 2.49. The molecule has 6 nitrogen and oxygen atoms in total. The fourth-order valence-corrected chi connectivity index (χ4v) is 2.49. The molecule has 0 saturated heterocycles. The van der Waals surface area contributed by atoms with E-state index in [9.17, 15) is 9.18 Å². The lowest BCUT2D eigenvalue weighted by Crippen LogP contribution is -2.40. The molecule has 2 aromatic heterocycles. The number of rotatable bonds is 1. The standard InChI is InChI=1S/C16H20FN5O/c1-16(2,3)14-7-13-10-21(4-5-22(13)20-14)15(23)19-12-6-11(17)8-18-9-12/h6-9H,4-5,10H2,1-3H3,(H,19,23). The number of nitrogens with one attached hydrogen (secondary N) is 1. The summed E-state index contributed by atoms with van der Waals surface area (Å²) in [6.07, 6.45) is 2.52. The molecule has 7 heteroatoms. The Morgan fingerprint density at radius 3 is 2.74 bits per heavy atom. The number of aromatic nitrogens is 3. The van der Waals surface area contributed by atoms with Gasteiger partial charge in [0.15, 0.2) is 0 Å². The van der Waals surface area contributed by atoms with Crippen LogP contribution in [0.15, 0.2) is 24.5 Å². The topological polar surface area (TPSA) is 63.1 Å². The van der Waals surface area contributed by atoms with Gasteiger partial charge in [-0.15, -0.1) is 0 Å². The van der Waals surface area contributed by atoms with Crippen molar-refractivity contribution in [2.75, 3.05) is 11.9 Å². The van der Waals surface area contributed by atoms with Gasteiger partial charge in [-0.25, -0.2) is 9.18 Å². The van der Waals surface area contributed by atoms with E-state index in [1.807, 2.05) is 10.7 Å². The molecule has 2 aromatic rings. The van der Waals surface area contributed by atoms with Crippen LogP contribution >= 0.6 is 0 Å². The van der Waals surface area contributed by atoms with Crippen LogP contribution in [0.2, 0.25) is 0 Å². The van der Waals surface area contributed by atoms with Gasteiger partial charge in [-0.3, -0.25) is 9.67 Å². The Balaban J connectivity index is 1.71. The number of pyridine rings is 1. The number of nitrogens with zero attached hydrogens (tertiary/aromatic N) is 4. The Labute approximate surface area is 134 Å². The van der Waals surface area contributed by atoms with E-state index in [0.717, 1.165) is 17.6 Å².